The van der Waals surface area contributed by atoms with E-state index in [1.54, 1.807) is 11.0 Å². The Bertz CT molecular complexity index is 619. The lowest BCUT2D eigenvalue weighted by Gasteiger charge is -2.36. The summed E-state index contributed by atoms with van der Waals surface area (Å²) in [6.07, 6.45) is 1.13. The molecule has 24 heavy (non-hydrogen) atoms. The SMILES string of the molecule is COC(=O)c1cnc(N2CCN(C(=O)OC(C)(C)C)CC2)c(N)c1. The van der Waals surface area contributed by atoms with Crippen LogP contribution in [0.3, 0.4) is 0 Å². The van der Waals surface area contributed by atoms with Crippen molar-refractivity contribution in [3.63, 3.8) is 0 Å². The van der Waals surface area contributed by atoms with Crippen molar-refractivity contribution in [3.05, 3.63) is 17.8 Å². The number of piperazine rings is 1. The first-order valence-corrected chi connectivity index (χ1v) is 7.78. The Labute approximate surface area is 141 Å². The second kappa shape index (κ2) is 6.94. The van der Waals surface area contributed by atoms with E-state index in [0.717, 1.165) is 0 Å². The number of carbonyl (C=O) groups excluding carboxylic acids is 2. The Balaban J connectivity index is 2.00. The van der Waals surface area contributed by atoms with E-state index < -0.39 is 11.6 Å². The molecule has 0 spiro atoms. The minimum absolute atomic E-state index is 0.311. The summed E-state index contributed by atoms with van der Waals surface area (Å²) in [5.74, 6) is 0.127. The molecule has 0 radical (unpaired) electrons. The number of methoxy groups -OCH3 is 1. The fourth-order valence-electron chi connectivity index (χ4n) is 2.40. The molecule has 8 heteroatoms. The number of aromatic nitrogens is 1. The molecule has 1 saturated heterocycles. The molecule has 0 bridgehead atoms. The third-order valence-electron chi connectivity index (χ3n) is 3.55. The van der Waals surface area contributed by atoms with E-state index in [2.05, 4.69) is 9.72 Å². The van der Waals surface area contributed by atoms with Crippen molar-refractivity contribution >= 4 is 23.6 Å². The van der Waals surface area contributed by atoms with Gasteiger partial charge in [-0.05, 0) is 26.8 Å². The van der Waals surface area contributed by atoms with Crippen LogP contribution >= 0.6 is 0 Å². The smallest absolute Gasteiger partial charge is 0.410 e. The van der Waals surface area contributed by atoms with Crippen molar-refractivity contribution in [2.45, 2.75) is 26.4 Å². The van der Waals surface area contributed by atoms with E-state index >= 15 is 0 Å². The van der Waals surface area contributed by atoms with E-state index in [1.807, 2.05) is 25.7 Å². The second-order valence-corrected chi connectivity index (χ2v) is 6.58. The van der Waals surface area contributed by atoms with E-state index in [1.165, 1.54) is 13.3 Å². The summed E-state index contributed by atoms with van der Waals surface area (Å²) in [6, 6.07) is 1.55. The summed E-state index contributed by atoms with van der Waals surface area (Å²) in [7, 11) is 1.31. The highest BCUT2D eigenvalue weighted by atomic mass is 16.6. The monoisotopic (exact) mass is 336 g/mol. The third kappa shape index (κ3) is 4.27. The molecular weight excluding hydrogens is 312 g/mol. The quantitative estimate of drug-likeness (QED) is 0.817. The molecule has 2 heterocycles. The van der Waals surface area contributed by atoms with Crippen LogP contribution in [0.4, 0.5) is 16.3 Å². The van der Waals surface area contributed by atoms with Crippen molar-refractivity contribution in [1.82, 2.24) is 9.88 Å². The van der Waals surface area contributed by atoms with E-state index in [9.17, 15) is 9.59 Å². The Morgan fingerprint density at radius 2 is 1.83 bits per heavy atom. The molecule has 2 rings (SSSR count). The third-order valence-corrected chi connectivity index (χ3v) is 3.55. The number of anilines is 2. The summed E-state index contributed by atoms with van der Waals surface area (Å²) in [4.78, 5) is 31.5. The predicted octanol–water partition coefficient (Wildman–Crippen LogP) is 1.51. The molecule has 0 aromatic carbocycles. The molecule has 0 saturated carbocycles. The number of hydrogen-bond acceptors (Lipinski definition) is 7. The molecule has 1 amide bonds. The lowest BCUT2D eigenvalue weighted by molar-refractivity contribution is 0.0240. The maximum absolute atomic E-state index is 12.1. The Hall–Kier alpha value is -2.51. The number of esters is 1. The van der Waals surface area contributed by atoms with Crippen LogP contribution in [-0.2, 0) is 9.47 Å². The maximum atomic E-state index is 12.1. The van der Waals surface area contributed by atoms with Gasteiger partial charge < -0.3 is 25.0 Å². The van der Waals surface area contributed by atoms with Crippen LogP contribution < -0.4 is 10.6 Å². The van der Waals surface area contributed by atoms with Crippen LogP contribution in [0.25, 0.3) is 0 Å². The van der Waals surface area contributed by atoms with Crippen LogP contribution in [-0.4, -0.2) is 60.8 Å². The molecule has 0 unspecified atom stereocenters. The molecule has 8 nitrogen and oxygen atoms in total. The summed E-state index contributed by atoms with van der Waals surface area (Å²) in [6.45, 7) is 7.75. The number of nitrogens with two attached hydrogens (primary N) is 1. The fraction of sp³-hybridized carbons (Fsp3) is 0.562. The van der Waals surface area contributed by atoms with Gasteiger partial charge in [0.2, 0.25) is 0 Å². The van der Waals surface area contributed by atoms with Gasteiger partial charge in [0.15, 0.2) is 5.82 Å². The van der Waals surface area contributed by atoms with Gasteiger partial charge in [0.1, 0.15) is 5.60 Å². The fourth-order valence-corrected chi connectivity index (χ4v) is 2.40. The number of pyridine rings is 1. The number of rotatable bonds is 2. The van der Waals surface area contributed by atoms with Crippen LogP contribution in [0.5, 0.6) is 0 Å². The van der Waals surface area contributed by atoms with E-state index in [4.69, 9.17) is 10.5 Å². The lowest BCUT2D eigenvalue weighted by atomic mass is 10.2. The van der Waals surface area contributed by atoms with Gasteiger partial charge in [0.05, 0.1) is 18.4 Å². The highest BCUT2D eigenvalue weighted by Crippen LogP contribution is 2.23. The first-order valence-electron chi connectivity index (χ1n) is 7.78. The molecule has 1 aliphatic rings. The normalized spacial score (nSPS) is 15.2. The highest BCUT2D eigenvalue weighted by molar-refractivity contribution is 5.90. The summed E-state index contributed by atoms with van der Waals surface area (Å²) in [5.41, 5.74) is 6.21. The standard InChI is InChI=1S/C16H24N4O4/c1-16(2,3)24-15(22)20-7-5-19(6-8-20)13-12(17)9-11(10-18-13)14(21)23-4/h9-10H,5-8,17H2,1-4H3. The first-order chi connectivity index (χ1) is 11.2. The summed E-state index contributed by atoms with van der Waals surface area (Å²) in [5, 5.41) is 0. The van der Waals surface area contributed by atoms with Gasteiger partial charge >= 0.3 is 12.1 Å². The maximum Gasteiger partial charge on any atom is 0.410 e. The molecule has 0 aliphatic carbocycles. The van der Waals surface area contributed by atoms with Gasteiger partial charge in [-0.3, -0.25) is 0 Å². The average Bonchev–Trinajstić information content (AvgIpc) is 2.52. The van der Waals surface area contributed by atoms with Gasteiger partial charge in [0.25, 0.3) is 0 Å². The number of amides is 1. The van der Waals surface area contributed by atoms with Gasteiger partial charge in [-0.25, -0.2) is 14.6 Å². The topological polar surface area (TPSA) is 98.0 Å². The molecule has 1 fully saturated rings. The minimum Gasteiger partial charge on any atom is -0.465 e. The molecule has 1 aromatic heterocycles. The second-order valence-electron chi connectivity index (χ2n) is 6.58. The van der Waals surface area contributed by atoms with Gasteiger partial charge in [-0.15, -0.1) is 0 Å². The molecular formula is C16H24N4O4. The lowest BCUT2D eigenvalue weighted by Crippen LogP contribution is -2.50. The van der Waals surface area contributed by atoms with Crippen molar-refractivity contribution in [1.29, 1.82) is 0 Å². The number of nitrogens with zero attached hydrogens (tertiary/aromatic N) is 3. The number of hydrogen-bond donors (Lipinski definition) is 1. The van der Waals surface area contributed by atoms with Crippen LogP contribution in [0, 0.1) is 0 Å². The van der Waals surface area contributed by atoms with E-state index in [0.29, 0.717) is 43.2 Å². The highest BCUT2D eigenvalue weighted by Gasteiger charge is 2.27. The molecule has 1 aromatic rings. The number of carbonyl (C=O) groups is 2. The molecule has 1 aliphatic heterocycles. The van der Waals surface area contributed by atoms with Crippen molar-refractivity contribution in [2.24, 2.45) is 0 Å². The molecule has 0 atom stereocenters. The summed E-state index contributed by atoms with van der Waals surface area (Å²) < 4.78 is 10.0. The minimum atomic E-state index is -0.510. The van der Waals surface area contributed by atoms with Gasteiger partial charge in [-0.1, -0.05) is 0 Å². The average molecular weight is 336 g/mol. The molecule has 2 N–H and O–H groups in total. The van der Waals surface area contributed by atoms with Crippen LogP contribution in [0.2, 0.25) is 0 Å². The van der Waals surface area contributed by atoms with Crippen molar-refractivity contribution in [3.8, 4) is 0 Å². The van der Waals surface area contributed by atoms with Crippen LogP contribution in [0.1, 0.15) is 31.1 Å². The van der Waals surface area contributed by atoms with Crippen LogP contribution in [0.15, 0.2) is 12.3 Å². The molecule has 132 valence electrons. The Morgan fingerprint density at radius 1 is 1.21 bits per heavy atom. The Morgan fingerprint density at radius 3 is 2.33 bits per heavy atom. The summed E-state index contributed by atoms with van der Waals surface area (Å²) >= 11 is 0. The zero-order valence-corrected chi connectivity index (χ0v) is 14.5. The van der Waals surface area contributed by atoms with Crippen molar-refractivity contribution < 1.29 is 19.1 Å². The van der Waals surface area contributed by atoms with Gasteiger partial charge in [0, 0.05) is 32.4 Å². The van der Waals surface area contributed by atoms with Crippen molar-refractivity contribution in [2.75, 3.05) is 43.9 Å². The largest absolute Gasteiger partial charge is 0.465 e. The number of ether oxygens (including phenoxy) is 2. The zero-order chi connectivity index (χ0) is 17.9. The van der Waals surface area contributed by atoms with E-state index in [-0.39, 0.29) is 6.09 Å². The van der Waals surface area contributed by atoms with Gasteiger partial charge in [-0.2, -0.15) is 0 Å². The predicted molar refractivity (Wildman–Crippen MR) is 90.0 cm³/mol. The first kappa shape index (κ1) is 17.8. The zero-order valence-electron chi connectivity index (χ0n) is 14.5. The number of nitrogen functional groups attached to an aromatic ring is 1. The Kier molecular flexibility index (Phi) is 5.16.